The van der Waals surface area contributed by atoms with Crippen molar-refractivity contribution < 1.29 is 19.0 Å². The predicted molar refractivity (Wildman–Crippen MR) is 80.8 cm³/mol. The summed E-state index contributed by atoms with van der Waals surface area (Å²) in [6.07, 6.45) is -0.996. The second-order valence-electron chi connectivity index (χ2n) is 4.40. The highest BCUT2D eigenvalue weighted by molar-refractivity contribution is 6.44. The van der Waals surface area contributed by atoms with E-state index in [-0.39, 0.29) is 12.2 Å². The van der Waals surface area contributed by atoms with Gasteiger partial charge in [-0.05, 0) is 17.5 Å². The van der Waals surface area contributed by atoms with E-state index in [0.29, 0.717) is 22.3 Å². The maximum absolute atomic E-state index is 12.1. The maximum Gasteiger partial charge on any atom is 0.347 e. The molecule has 0 saturated heterocycles. The summed E-state index contributed by atoms with van der Waals surface area (Å²) in [5, 5.41) is 10.6. The van der Waals surface area contributed by atoms with Crippen molar-refractivity contribution in [3.05, 3.63) is 34.4 Å². The smallest absolute Gasteiger partial charge is 0.347 e. The summed E-state index contributed by atoms with van der Waals surface area (Å²) >= 11 is 11.2. The first-order valence-corrected chi connectivity index (χ1v) is 6.98. The minimum absolute atomic E-state index is 0.0301. The number of fused-ring (bicyclic) bond motifs is 1. The number of rotatable bonds is 5. The highest BCUT2D eigenvalue weighted by Crippen LogP contribution is 2.29. The highest BCUT2D eigenvalue weighted by atomic mass is 35.5. The molecule has 21 heavy (non-hydrogen) atoms. The van der Waals surface area contributed by atoms with Gasteiger partial charge in [0.05, 0.1) is 20.3 Å². The Morgan fingerprint density at radius 2 is 1.95 bits per heavy atom. The Morgan fingerprint density at radius 3 is 2.52 bits per heavy atom. The second kappa shape index (κ2) is 6.56. The zero-order valence-corrected chi connectivity index (χ0v) is 12.9. The van der Waals surface area contributed by atoms with Crippen molar-refractivity contribution in [2.24, 2.45) is 0 Å². The lowest BCUT2D eigenvalue weighted by molar-refractivity contribution is 0.180. The van der Waals surface area contributed by atoms with E-state index in [4.69, 9.17) is 37.1 Å². The molecule has 0 fully saturated rings. The van der Waals surface area contributed by atoms with Gasteiger partial charge in [-0.25, -0.2) is 4.79 Å². The van der Waals surface area contributed by atoms with E-state index in [1.807, 2.05) is 0 Å². The summed E-state index contributed by atoms with van der Waals surface area (Å²) in [4.78, 5) is 11.1. The molecule has 1 aromatic carbocycles. The Kier molecular flexibility index (Phi) is 4.98. The molecule has 0 aliphatic rings. The Balaban J connectivity index is 2.56. The van der Waals surface area contributed by atoms with Crippen molar-refractivity contribution in [1.82, 2.24) is 0 Å². The van der Waals surface area contributed by atoms with Crippen molar-refractivity contribution in [2.45, 2.75) is 17.4 Å². The Bertz CT molecular complexity index is 696. The molecule has 114 valence electrons. The van der Waals surface area contributed by atoms with Gasteiger partial charge in [0, 0.05) is 12.5 Å². The minimum atomic E-state index is -1.03. The van der Waals surface area contributed by atoms with E-state index in [0.717, 1.165) is 0 Å². The summed E-state index contributed by atoms with van der Waals surface area (Å²) in [5.74, 6) is 1.18. The predicted octanol–water partition coefficient (Wildman–Crippen LogP) is 2.52. The van der Waals surface area contributed by atoms with Gasteiger partial charge in [0.2, 0.25) is 0 Å². The van der Waals surface area contributed by atoms with Gasteiger partial charge >= 0.3 is 5.63 Å². The molecule has 0 aliphatic heterocycles. The first-order chi connectivity index (χ1) is 9.96. The number of ether oxygens (including phenoxy) is 2. The summed E-state index contributed by atoms with van der Waals surface area (Å²) in [5.41, 5.74) is -0.560. The third kappa shape index (κ3) is 3.43. The van der Waals surface area contributed by atoms with Gasteiger partial charge in [0.1, 0.15) is 27.5 Å². The van der Waals surface area contributed by atoms with Crippen LogP contribution in [0.3, 0.4) is 0 Å². The normalized spacial score (nSPS) is 12.7. The highest BCUT2D eigenvalue weighted by Gasteiger charge is 2.18. The van der Waals surface area contributed by atoms with E-state index in [1.54, 1.807) is 18.2 Å². The van der Waals surface area contributed by atoms with E-state index in [2.05, 4.69) is 0 Å². The molecular formula is C14H14Cl2O5. The maximum atomic E-state index is 12.1. The fourth-order valence-electron chi connectivity index (χ4n) is 1.99. The van der Waals surface area contributed by atoms with Crippen LogP contribution in [0.5, 0.6) is 11.5 Å². The number of aliphatic hydroxyl groups is 1. The molecule has 0 amide bonds. The van der Waals surface area contributed by atoms with Gasteiger partial charge in [0.25, 0.3) is 0 Å². The molecule has 0 saturated carbocycles. The van der Waals surface area contributed by atoms with Crippen LogP contribution in [0.25, 0.3) is 10.8 Å². The molecule has 0 unspecified atom stereocenters. The van der Waals surface area contributed by atoms with Crippen LogP contribution in [-0.2, 0) is 6.42 Å². The quantitative estimate of drug-likeness (QED) is 0.852. The van der Waals surface area contributed by atoms with Crippen LogP contribution in [0.4, 0.5) is 0 Å². The second-order valence-corrected chi connectivity index (χ2v) is 5.56. The van der Waals surface area contributed by atoms with Crippen LogP contribution in [-0.4, -0.2) is 30.3 Å². The molecule has 7 heteroatoms. The monoisotopic (exact) mass is 332 g/mol. The fourth-order valence-corrected chi connectivity index (χ4v) is 2.17. The number of hydrogen-bond donors (Lipinski definition) is 1. The molecule has 2 rings (SSSR count). The van der Waals surface area contributed by atoms with Crippen molar-refractivity contribution in [1.29, 1.82) is 0 Å². The number of benzene rings is 1. The first kappa shape index (κ1) is 15.9. The summed E-state index contributed by atoms with van der Waals surface area (Å²) in [6, 6.07) is 4.91. The van der Waals surface area contributed by atoms with Crippen molar-refractivity contribution in [3.8, 4) is 11.5 Å². The lowest BCUT2D eigenvalue weighted by Crippen LogP contribution is -2.19. The summed E-state index contributed by atoms with van der Waals surface area (Å²) in [6.45, 7) is 0. The van der Waals surface area contributed by atoms with E-state index in [1.165, 1.54) is 14.2 Å². The molecule has 5 nitrogen and oxygen atoms in total. The average Bonchev–Trinajstić information content (AvgIpc) is 2.45. The minimum Gasteiger partial charge on any atom is -0.497 e. The number of alkyl halides is 2. The van der Waals surface area contributed by atoms with Gasteiger partial charge < -0.3 is 19.0 Å². The summed E-state index contributed by atoms with van der Waals surface area (Å²) < 4.78 is 15.5. The van der Waals surface area contributed by atoms with Crippen LogP contribution >= 0.6 is 23.2 Å². The Morgan fingerprint density at radius 1 is 1.24 bits per heavy atom. The van der Waals surface area contributed by atoms with Crippen LogP contribution in [0, 0.1) is 0 Å². The number of methoxy groups -OCH3 is 2. The standard InChI is InChI=1S/C14H14Cl2O5/c1-19-8-3-7-4-9(5-10(17)13(15)16)21-14(18)12(7)11(6-8)20-2/h3-4,6,10,13,17H,5H2,1-2H3/t10-/m0/s1. The Labute approximate surface area is 131 Å². The van der Waals surface area contributed by atoms with E-state index in [9.17, 15) is 9.90 Å². The van der Waals surface area contributed by atoms with Gasteiger partial charge in [-0.3, -0.25) is 0 Å². The van der Waals surface area contributed by atoms with Gasteiger partial charge in [-0.15, -0.1) is 23.2 Å². The van der Waals surface area contributed by atoms with Crippen molar-refractivity contribution >= 4 is 34.0 Å². The fraction of sp³-hybridized carbons (Fsp3) is 0.357. The third-order valence-corrected chi connectivity index (χ3v) is 3.59. The molecule has 2 aromatic rings. The number of aliphatic hydroxyl groups excluding tert-OH is 1. The van der Waals surface area contributed by atoms with E-state index >= 15 is 0 Å². The third-order valence-electron chi connectivity index (χ3n) is 3.01. The molecule has 1 atom stereocenters. The molecule has 1 aromatic heterocycles. The van der Waals surface area contributed by atoms with Crippen LogP contribution < -0.4 is 15.1 Å². The van der Waals surface area contributed by atoms with Crippen molar-refractivity contribution in [3.63, 3.8) is 0 Å². The number of hydrogen-bond acceptors (Lipinski definition) is 5. The van der Waals surface area contributed by atoms with Crippen LogP contribution in [0.1, 0.15) is 5.76 Å². The number of halogens is 2. The molecular weight excluding hydrogens is 319 g/mol. The molecule has 0 spiro atoms. The topological polar surface area (TPSA) is 68.9 Å². The van der Waals surface area contributed by atoms with Gasteiger partial charge in [0.15, 0.2) is 0 Å². The first-order valence-electron chi connectivity index (χ1n) is 6.11. The molecule has 0 bridgehead atoms. The largest absolute Gasteiger partial charge is 0.497 e. The van der Waals surface area contributed by atoms with Gasteiger partial charge in [-0.2, -0.15) is 0 Å². The lowest BCUT2D eigenvalue weighted by Gasteiger charge is -2.12. The molecule has 1 N–H and O–H groups in total. The van der Waals surface area contributed by atoms with Gasteiger partial charge in [-0.1, -0.05) is 0 Å². The van der Waals surface area contributed by atoms with Crippen LogP contribution in [0.15, 0.2) is 27.4 Å². The van der Waals surface area contributed by atoms with E-state index < -0.39 is 16.6 Å². The molecule has 1 heterocycles. The average molecular weight is 333 g/mol. The SMILES string of the molecule is COc1cc(OC)c2c(=O)oc(C[C@H](O)C(Cl)Cl)cc2c1. The Hall–Kier alpha value is -1.43. The lowest BCUT2D eigenvalue weighted by atomic mass is 10.1. The van der Waals surface area contributed by atoms with Crippen LogP contribution in [0.2, 0.25) is 0 Å². The summed E-state index contributed by atoms with van der Waals surface area (Å²) in [7, 11) is 2.97. The zero-order valence-electron chi connectivity index (χ0n) is 11.4. The molecule has 0 radical (unpaired) electrons. The molecule has 0 aliphatic carbocycles. The zero-order chi connectivity index (χ0) is 15.6. The van der Waals surface area contributed by atoms with Crippen molar-refractivity contribution in [2.75, 3.05) is 14.2 Å².